The van der Waals surface area contributed by atoms with Crippen LogP contribution in [0.4, 0.5) is 0 Å². The molecule has 8 heteroatoms. The molecule has 0 saturated carbocycles. The quantitative estimate of drug-likeness (QED) is 0.651. The zero-order valence-electron chi connectivity index (χ0n) is 15.0. The number of aliphatic hydroxyl groups excluding tert-OH is 1. The van der Waals surface area contributed by atoms with E-state index in [4.69, 9.17) is 21.1 Å². The Morgan fingerprint density at radius 1 is 1.46 bits per heavy atom. The molecule has 5 unspecified atom stereocenters. The summed E-state index contributed by atoms with van der Waals surface area (Å²) in [5.74, 6) is -0.0361. The van der Waals surface area contributed by atoms with Crippen LogP contribution < -0.4 is 10.6 Å². The summed E-state index contributed by atoms with van der Waals surface area (Å²) < 4.78 is 11.8. The Bertz CT molecular complexity index is 630. The predicted octanol–water partition coefficient (Wildman–Crippen LogP) is 1.03. The summed E-state index contributed by atoms with van der Waals surface area (Å²) >= 11 is 6.10. The number of hydrogen-bond donors (Lipinski definition) is 3. The molecule has 0 spiro atoms. The number of pyridine rings is 1. The topological polar surface area (TPSA) is 92.7 Å². The molecule has 2 fully saturated rings. The van der Waals surface area contributed by atoms with Gasteiger partial charge in [-0.2, -0.15) is 0 Å². The van der Waals surface area contributed by atoms with Crippen molar-refractivity contribution in [3.05, 3.63) is 29.0 Å². The lowest BCUT2D eigenvalue weighted by atomic mass is 10.1. The highest BCUT2D eigenvalue weighted by molar-refractivity contribution is 6.31. The van der Waals surface area contributed by atoms with Crippen molar-refractivity contribution in [3.63, 3.8) is 0 Å². The van der Waals surface area contributed by atoms with Gasteiger partial charge in [0.05, 0.1) is 24.7 Å². The lowest BCUT2D eigenvalue weighted by Gasteiger charge is -2.20. The van der Waals surface area contributed by atoms with E-state index >= 15 is 0 Å². The molecule has 0 aliphatic carbocycles. The number of carbonyl (C=O) groups excluding carboxylic acids is 1. The number of ether oxygens (including phenoxy) is 2. The van der Waals surface area contributed by atoms with Crippen LogP contribution in [0, 0.1) is 0 Å². The van der Waals surface area contributed by atoms with Crippen LogP contribution >= 0.6 is 11.6 Å². The van der Waals surface area contributed by atoms with E-state index in [9.17, 15) is 9.90 Å². The van der Waals surface area contributed by atoms with Crippen molar-refractivity contribution in [1.29, 1.82) is 0 Å². The summed E-state index contributed by atoms with van der Waals surface area (Å²) in [5, 5.41) is 17.2. The molecular formula is C18H26ClN3O4. The van der Waals surface area contributed by atoms with Crippen molar-refractivity contribution in [2.24, 2.45) is 0 Å². The molecule has 3 N–H and O–H groups in total. The Hall–Kier alpha value is -1.25. The molecule has 1 aromatic rings. The van der Waals surface area contributed by atoms with Gasteiger partial charge in [-0.05, 0) is 19.9 Å². The minimum atomic E-state index is -0.713. The average Bonchev–Trinajstić information content (AvgIpc) is 3.08. The van der Waals surface area contributed by atoms with E-state index in [2.05, 4.69) is 15.6 Å². The summed E-state index contributed by atoms with van der Waals surface area (Å²) in [6, 6.07) is 1.85. The van der Waals surface area contributed by atoms with Gasteiger partial charge in [0.15, 0.2) is 0 Å². The fourth-order valence-electron chi connectivity index (χ4n) is 3.49. The molecule has 0 aromatic carbocycles. The fourth-order valence-corrected chi connectivity index (χ4v) is 3.66. The lowest BCUT2D eigenvalue weighted by molar-refractivity contribution is -0.125. The number of aliphatic hydroxyl groups is 1. The van der Waals surface area contributed by atoms with Gasteiger partial charge in [0, 0.05) is 48.5 Å². The van der Waals surface area contributed by atoms with Gasteiger partial charge >= 0.3 is 0 Å². The normalized spacial score (nSPS) is 30.6. The molecule has 2 aliphatic heterocycles. The Morgan fingerprint density at radius 2 is 2.27 bits per heavy atom. The summed E-state index contributed by atoms with van der Waals surface area (Å²) in [6.07, 6.45) is 2.47. The Labute approximate surface area is 158 Å². The van der Waals surface area contributed by atoms with Gasteiger partial charge in [-0.3, -0.25) is 9.78 Å². The first-order valence-electron chi connectivity index (χ1n) is 9.01. The first-order valence-corrected chi connectivity index (χ1v) is 9.39. The summed E-state index contributed by atoms with van der Waals surface area (Å²) in [7, 11) is 0. The third kappa shape index (κ3) is 4.72. The average molecular weight is 384 g/mol. The maximum atomic E-state index is 11.9. The molecule has 2 saturated heterocycles. The third-order valence-electron chi connectivity index (χ3n) is 4.65. The van der Waals surface area contributed by atoms with Crippen LogP contribution in [0.25, 0.3) is 0 Å². The predicted molar refractivity (Wildman–Crippen MR) is 96.8 cm³/mol. The van der Waals surface area contributed by atoms with Crippen molar-refractivity contribution < 1.29 is 19.4 Å². The smallest absolute Gasteiger partial charge is 0.222 e. The molecule has 7 nitrogen and oxygen atoms in total. The molecule has 0 radical (unpaired) electrons. The molecular weight excluding hydrogens is 358 g/mol. The fraction of sp³-hybridized carbons (Fsp3) is 0.667. The number of carbonyl (C=O) groups is 1. The van der Waals surface area contributed by atoms with Crippen molar-refractivity contribution >= 4 is 17.5 Å². The third-order valence-corrected chi connectivity index (χ3v) is 5.01. The molecule has 1 aromatic heterocycles. The Kier molecular flexibility index (Phi) is 6.47. The van der Waals surface area contributed by atoms with Crippen LogP contribution in [0.2, 0.25) is 5.02 Å². The van der Waals surface area contributed by atoms with Crippen LogP contribution in [0.1, 0.15) is 32.3 Å². The number of hydrogen-bond acceptors (Lipinski definition) is 6. The molecule has 3 rings (SSSR count). The number of nitrogens with zero attached hydrogens (tertiary/aromatic N) is 1. The largest absolute Gasteiger partial charge is 0.388 e. The summed E-state index contributed by atoms with van der Waals surface area (Å²) in [5.41, 5.74) is 0.898. The second kappa shape index (κ2) is 8.63. The molecule has 2 aliphatic rings. The van der Waals surface area contributed by atoms with E-state index in [0.717, 1.165) is 5.56 Å². The van der Waals surface area contributed by atoms with Crippen LogP contribution in [0.5, 0.6) is 0 Å². The zero-order valence-corrected chi connectivity index (χ0v) is 15.8. The number of rotatable bonds is 7. The zero-order chi connectivity index (χ0) is 18.7. The van der Waals surface area contributed by atoms with Crippen molar-refractivity contribution in [2.75, 3.05) is 6.54 Å². The highest BCUT2D eigenvalue weighted by Gasteiger charge is 2.50. The van der Waals surface area contributed by atoms with Crippen molar-refractivity contribution in [1.82, 2.24) is 15.6 Å². The van der Waals surface area contributed by atoms with Crippen LogP contribution in [0.15, 0.2) is 18.5 Å². The molecule has 5 atom stereocenters. The van der Waals surface area contributed by atoms with E-state index in [0.29, 0.717) is 31.0 Å². The highest BCUT2D eigenvalue weighted by atomic mass is 35.5. The van der Waals surface area contributed by atoms with Crippen LogP contribution in [0.3, 0.4) is 0 Å². The molecule has 1 amide bonds. The first-order chi connectivity index (χ1) is 12.4. The second-order valence-electron chi connectivity index (χ2n) is 7.19. The van der Waals surface area contributed by atoms with E-state index in [1.807, 2.05) is 13.8 Å². The molecule has 3 heterocycles. The van der Waals surface area contributed by atoms with Gasteiger partial charge in [-0.15, -0.1) is 0 Å². The van der Waals surface area contributed by atoms with E-state index < -0.39 is 6.10 Å². The van der Waals surface area contributed by atoms with Gasteiger partial charge in [-0.25, -0.2) is 0 Å². The lowest BCUT2D eigenvalue weighted by Crippen LogP contribution is -2.39. The van der Waals surface area contributed by atoms with Gasteiger partial charge in [-0.1, -0.05) is 11.6 Å². The van der Waals surface area contributed by atoms with Crippen LogP contribution in [-0.4, -0.2) is 59.1 Å². The second-order valence-corrected chi connectivity index (χ2v) is 7.59. The molecule has 144 valence electrons. The van der Waals surface area contributed by atoms with E-state index in [1.165, 1.54) is 0 Å². The first kappa shape index (κ1) is 19.5. The van der Waals surface area contributed by atoms with Crippen LogP contribution in [-0.2, 0) is 20.8 Å². The van der Waals surface area contributed by atoms with Gasteiger partial charge in [0.2, 0.25) is 5.91 Å². The summed E-state index contributed by atoms with van der Waals surface area (Å²) in [4.78, 5) is 15.9. The van der Waals surface area contributed by atoms with E-state index in [-0.39, 0.29) is 36.4 Å². The number of halogens is 1. The van der Waals surface area contributed by atoms with Crippen molar-refractivity contribution in [2.45, 2.75) is 69.8 Å². The maximum absolute atomic E-state index is 11.9. The monoisotopic (exact) mass is 383 g/mol. The Balaban J connectivity index is 1.43. The Morgan fingerprint density at radius 3 is 2.96 bits per heavy atom. The SMILES string of the molecule is CC(C)NC(=O)CC1CC2OC(CNCc3cnccc3Cl)C(O)C2O1. The van der Waals surface area contributed by atoms with Crippen molar-refractivity contribution in [3.8, 4) is 0 Å². The van der Waals surface area contributed by atoms with Gasteiger partial charge in [0.1, 0.15) is 12.2 Å². The number of nitrogens with one attached hydrogen (secondary N) is 2. The number of amides is 1. The summed E-state index contributed by atoms with van der Waals surface area (Å²) in [6.45, 7) is 4.88. The maximum Gasteiger partial charge on any atom is 0.222 e. The number of fused-ring (bicyclic) bond motifs is 1. The van der Waals surface area contributed by atoms with Gasteiger partial charge < -0.3 is 25.2 Å². The molecule has 0 bridgehead atoms. The molecule has 26 heavy (non-hydrogen) atoms. The minimum absolute atomic E-state index is 0.0361. The minimum Gasteiger partial charge on any atom is -0.388 e. The van der Waals surface area contributed by atoms with E-state index in [1.54, 1.807) is 18.5 Å². The highest BCUT2D eigenvalue weighted by Crippen LogP contribution is 2.35. The standard InChI is InChI=1S/C18H26ClN3O4/c1-10(2)22-16(23)6-12-5-14-18(25-12)17(24)15(26-14)9-21-8-11-7-20-4-3-13(11)19/h3-4,7,10,12,14-15,17-18,21,24H,5-6,8-9H2,1-2H3,(H,22,23). The number of aromatic nitrogens is 1. The van der Waals surface area contributed by atoms with Gasteiger partial charge in [0.25, 0.3) is 0 Å².